The van der Waals surface area contributed by atoms with Crippen LogP contribution < -0.4 is 10.2 Å². The van der Waals surface area contributed by atoms with E-state index in [1.54, 1.807) is 6.08 Å². The van der Waals surface area contributed by atoms with Gasteiger partial charge in [0.15, 0.2) is 0 Å². The van der Waals surface area contributed by atoms with E-state index in [2.05, 4.69) is 67.8 Å². The number of carbonyl (C=O) groups excluding carboxylic acids is 1. The topological polar surface area (TPSA) is 108 Å². The molecule has 518 valence electrons. The SMILES string of the molecule is CCCCCCC/C=C\C/C=C\C/C=C\CCCCCCCCCCCCCCCCCCCCCCCCCCC(=O)NC(COP(=O)([O-])OCC[N+](C)(C)C)C(O)/C=C/CC/C=C/CCCCCCCCCCCCCCCCCCCCCCC. The van der Waals surface area contributed by atoms with Crippen LogP contribution >= 0.6 is 7.82 Å². The van der Waals surface area contributed by atoms with Gasteiger partial charge in [0.25, 0.3) is 7.82 Å². The maximum absolute atomic E-state index is 13.1. The van der Waals surface area contributed by atoms with Crippen LogP contribution in [0.2, 0.25) is 0 Å². The molecular weight excluding hydrogens is 1100 g/mol. The summed E-state index contributed by atoms with van der Waals surface area (Å²) in [7, 11) is 1.26. The first-order valence-electron chi connectivity index (χ1n) is 38.7. The highest BCUT2D eigenvalue weighted by molar-refractivity contribution is 7.45. The number of nitrogens with zero attached hydrogens (tertiary/aromatic N) is 1. The Hall–Kier alpha value is -1.80. The van der Waals surface area contributed by atoms with Gasteiger partial charge in [0.2, 0.25) is 5.91 Å². The molecule has 0 fully saturated rings. The number of hydrogen-bond donors (Lipinski definition) is 2. The number of quaternary nitrogens is 1. The van der Waals surface area contributed by atoms with E-state index >= 15 is 0 Å². The zero-order chi connectivity index (χ0) is 64.1. The maximum atomic E-state index is 13.1. The molecule has 8 nitrogen and oxygen atoms in total. The van der Waals surface area contributed by atoms with Gasteiger partial charge in [-0.05, 0) is 70.6 Å². The lowest BCUT2D eigenvalue weighted by Gasteiger charge is -2.29. The average Bonchev–Trinajstić information content (AvgIpc) is 3.70. The van der Waals surface area contributed by atoms with Crippen molar-refractivity contribution in [1.82, 2.24) is 5.32 Å². The first kappa shape index (κ1) is 86.2. The molecule has 0 heterocycles. The zero-order valence-corrected chi connectivity index (χ0v) is 60.3. The molecule has 0 spiro atoms. The third kappa shape index (κ3) is 71.6. The second kappa shape index (κ2) is 69.5. The van der Waals surface area contributed by atoms with Gasteiger partial charge in [-0.25, -0.2) is 0 Å². The van der Waals surface area contributed by atoms with Crippen molar-refractivity contribution >= 4 is 13.7 Å². The Morgan fingerprint density at radius 2 is 0.670 bits per heavy atom. The summed E-state index contributed by atoms with van der Waals surface area (Å²) in [4.78, 5) is 25.7. The fraction of sp³-hybridized carbons (Fsp3) is 0.861. The van der Waals surface area contributed by atoms with Crippen LogP contribution in [0.3, 0.4) is 0 Å². The monoisotopic (exact) mass is 1260 g/mol. The summed E-state index contributed by atoms with van der Waals surface area (Å²) in [6.45, 7) is 4.67. The van der Waals surface area contributed by atoms with E-state index in [0.717, 1.165) is 51.4 Å². The summed E-state index contributed by atoms with van der Waals surface area (Å²) < 4.78 is 23.5. The third-order valence-electron chi connectivity index (χ3n) is 17.7. The van der Waals surface area contributed by atoms with E-state index in [0.29, 0.717) is 17.4 Å². The van der Waals surface area contributed by atoms with Gasteiger partial charge in [-0.15, -0.1) is 0 Å². The minimum absolute atomic E-state index is 0.00534. The van der Waals surface area contributed by atoms with Crippen molar-refractivity contribution in [2.75, 3.05) is 40.9 Å². The van der Waals surface area contributed by atoms with E-state index in [-0.39, 0.29) is 19.1 Å². The Labute approximate surface area is 549 Å². The lowest BCUT2D eigenvalue weighted by Crippen LogP contribution is -2.45. The molecule has 0 radical (unpaired) electrons. The second-order valence-electron chi connectivity index (χ2n) is 27.7. The minimum Gasteiger partial charge on any atom is -0.756 e. The van der Waals surface area contributed by atoms with Crippen LogP contribution in [0.1, 0.15) is 386 Å². The van der Waals surface area contributed by atoms with Gasteiger partial charge in [-0.2, -0.15) is 0 Å². The van der Waals surface area contributed by atoms with Gasteiger partial charge in [0.1, 0.15) is 13.2 Å². The van der Waals surface area contributed by atoms with E-state index in [9.17, 15) is 19.4 Å². The highest BCUT2D eigenvalue weighted by Gasteiger charge is 2.23. The number of hydrogen-bond acceptors (Lipinski definition) is 6. The number of phosphoric acid groups is 1. The quantitative estimate of drug-likeness (QED) is 0.0272. The number of carbonyl (C=O) groups is 1. The van der Waals surface area contributed by atoms with E-state index in [1.165, 1.54) is 315 Å². The average molecular weight is 1260 g/mol. The summed E-state index contributed by atoms with van der Waals surface area (Å²) in [6, 6.07) is -0.905. The van der Waals surface area contributed by atoms with E-state index < -0.39 is 20.0 Å². The van der Waals surface area contributed by atoms with Crippen molar-refractivity contribution < 1.29 is 32.9 Å². The summed E-state index contributed by atoms with van der Waals surface area (Å²) >= 11 is 0. The zero-order valence-electron chi connectivity index (χ0n) is 59.4. The van der Waals surface area contributed by atoms with Crippen molar-refractivity contribution in [3.8, 4) is 0 Å². The molecule has 3 atom stereocenters. The summed E-state index contributed by atoms with van der Waals surface area (Å²) in [5, 5.41) is 14.0. The highest BCUT2D eigenvalue weighted by Crippen LogP contribution is 2.38. The Balaban J connectivity index is 3.98. The molecule has 0 saturated heterocycles. The molecule has 0 aliphatic heterocycles. The number of aliphatic hydroxyl groups excluding tert-OH is 1. The Bertz CT molecular complexity index is 1620. The van der Waals surface area contributed by atoms with Gasteiger partial charge in [0, 0.05) is 6.42 Å². The first-order chi connectivity index (χ1) is 43.0. The molecule has 0 aromatic carbocycles. The molecule has 0 aliphatic carbocycles. The fourth-order valence-corrected chi connectivity index (χ4v) is 12.4. The van der Waals surface area contributed by atoms with E-state index in [4.69, 9.17) is 9.05 Å². The summed E-state index contributed by atoms with van der Waals surface area (Å²) in [6.07, 6.45) is 96.7. The van der Waals surface area contributed by atoms with Crippen LogP contribution in [0, 0.1) is 0 Å². The van der Waals surface area contributed by atoms with Gasteiger partial charge in [-0.1, -0.05) is 370 Å². The largest absolute Gasteiger partial charge is 0.756 e. The number of amides is 1. The number of phosphoric ester groups is 1. The molecule has 3 unspecified atom stereocenters. The molecule has 1 amide bonds. The number of nitrogens with one attached hydrogen (secondary N) is 1. The summed E-state index contributed by atoms with van der Waals surface area (Å²) in [5.41, 5.74) is 0. The molecule has 0 rings (SSSR count). The van der Waals surface area contributed by atoms with Gasteiger partial charge in [0.05, 0.1) is 39.9 Å². The van der Waals surface area contributed by atoms with Crippen molar-refractivity contribution in [2.24, 2.45) is 0 Å². The van der Waals surface area contributed by atoms with Crippen LogP contribution in [0.5, 0.6) is 0 Å². The van der Waals surface area contributed by atoms with Crippen molar-refractivity contribution in [3.63, 3.8) is 0 Å². The smallest absolute Gasteiger partial charge is 0.268 e. The molecule has 2 N–H and O–H groups in total. The number of unbranched alkanes of at least 4 members (excludes halogenated alkanes) is 51. The molecule has 0 aliphatic rings. The van der Waals surface area contributed by atoms with Crippen LogP contribution in [-0.2, 0) is 18.4 Å². The standard InChI is InChI=1S/C79H151N2O6P/c1-6-8-10-12-14-16-18-20-22-24-26-28-30-32-34-35-36-37-38-39-40-41-42-43-44-45-47-49-51-53-55-57-59-61-63-65-67-69-71-73-79(83)80-77(76-87-88(84,85)86-75-74-81(3,4)5)78(82)72-70-68-66-64-62-60-58-56-54-52-50-48-46-33-31-29-27-25-23-21-19-17-15-13-11-9-7-2/h18,20,24,26,30,32,62,64,70,72,77-78,82H,6-17,19,21-23,25,27-29,31,33-61,63,65-69,71,73-76H2,1-5H3,(H-,80,83,84,85)/b20-18-,26-24-,32-30-,64-62+,72-70+. The number of allylic oxidation sites excluding steroid dienone is 9. The predicted molar refractivity (Wildman–Crippen MR) is 385 cm³/mol. The first-order valence-corrected chi connectivity index (χ1v) is 40.1. The van der Waals surface area contributed by atoms with Crippen LogP contribution in [0.25, 0.3) is 0 Å². The minimum atomic E-state index is -4.61. The summed E-state index contributed by atoms with van der Waals surface area (Å²) in [5.74, 6) is -0.200. The van der Waals surface area contributed by atoms with Crippen LogP contribution in [0.4, 0.5) is 0 Å². The second-order valence-corrected chi connectivity index (χ2v) is 29.1. The van der Waals surface area contributed by atoms with Gasteiger partial charge in [-0.3, -0.25) is 9.36 Å². The fourth-order valence-electron chi connectivity index (χ4n) is 11.7. The van der Waals surface area contributed by atoms with Gasteiger partial charge >= 0.3 is 0 Å². The number of likely N-dealkylation sites (N-methyl/N-ethyl adjacent to an activating group) is 1. The lowest BCUT2D eigenvalue weighted by atomic mass is 10.0. The molecule has 0 aromatic rings. The normalized spacial score (nSPS) is 13.9. The highest BCUT2D eigenvalue weighted by atomic mass is 31.2. The number of rotatable bonds is 72. The Morgan fingerprint density at radius 1 is 0.398 bits per heavy atom. The Kier molecular flexibility index (Phi) is 68.1. The molecule has 9 heteroatoms. The molecule has 0 bridgehead atoms. The van der Waals surface area contributed by atoms with E-state index in [1.807, 2.05) is 27.2 Å². The van der Waals surface area contributed by atoms with Crippen LogP contribution in [-0.4, -0.2) is 68.5 Å². The molecule has 0 saturated carbocycles. The predicted octanol–water partition coefficient (Wildman–Crippen LogP) is 24.5. The molecule has 88 heavy (non-hydrogen) atoms. The number of aliphatic hydroxyl groups is 1. The van der Waals surface area contributed by atoms with Gasteiger partial charge < -0.3 is 28.8 Å². The lowest BCUT2D eigenvalue weighted by molar-refractivity contribution is -0.870. The van der Waals surface area contributed by atoms with Crippen molar-refractivity contribution in [3.05, 3.63) is 60.8 Å². The van der Waals surface area contributed by atoms with Crippen molar-refractivity contribution in [2.45, 2.75) is 398 Å². The molecular formula is C79H151N2O6P. The Morgan fingerprint density at radius 3 is 1.00 bits per heavy atom. The third-order valence-corrected chi connectivity index (χ3v) is 18.7. The molecule has 0 aromatic heterocycles. The maximum Gasteiger partial charge on any atom is 0.268 e. The van der Waals surface area contributed by atoms with Crippen molar-refractivity contribution in [1.29, 1.82) is 0 Å². The van der Waals surface area contributed by atoms with Crippen LogP contribution in [0.15, 0.2) is 60.8 Å².